The number of nitrogens with zero attached hydrogens (tertiary/aromatic N) is 2. The van der Waals surface area contributed by atoms with Crippen LogP contribution in [0.5, 0.6) is 0 Å². The molecule has 1 N–H and O–H groups in total. The second kappa shape index (κ2) is 8.70. The predicted molar refractivity (Wildman–Crippen MR) is 93.6 cm³/mol. The van der Waals surface area contributed by atoms with E-state index in [-0.39, 0.29) is 31.0 Å². The Hall–Kier alpha value is -1.84. The van der Waals surface area contributed by atoms with Crippen LogP contribution in [0.2, 0.25) is 0 Å². The highest BCUT2D eigenvalue weighted by molar-refractivity contribution is 7.54. The molecular weight excluding hydrogens is 365 g/mol. The fourth-order valence-corrected chi connectivity index (χ4v) is 4.67. The third kappa shape index (κ3) is 4.66. The lowest BCUT2D eigenvalue weighted by Crippen LogP contribution is -2.28. The van der Waals surface area contributed by atoms with E-state index in [1.807, 2.05) is 0 Å². The fraction of sp³-hybridized carbons (Fsp3) is 0.533. The summed E-state index contributed by atoms with van der Waals surface area (Å²) >= 11 is 0. The zero-order chi connectivity index (χ0) is 19.3. The number of non-ortho nitro benzene ring substituents is 1. The highest BCUT2D eigenvalue weighted by atomic mass is 31.2. The predicted octanol–water partition coefficient (Wildman–Crippen LogP) is 2.76. The molecule has 0 aromatic heterocycles. The van der Waals surface area contributed by atoms with Crippen LogP contribution >= 0.6 is 7.60 Å². The van der Waals surface area contributed by atoms with E-state index < -0.39 is 30.3 Å². The zero-order valence-electron chi connectivity index (χ0n) is 14.8. The van der Waals surface area contributed by atoms with Gasteiger partial charge in [0.2, 0.25) is 0 Å². The molecule has 10 nitrogen and oxygen atoms in total. The molecule has 2 rings (SSSR count). The van der Waals surface area contributed by atoms with Gasteiger partial charge in [0, 0.05) is 31.3 Å². The number of benzene rings is 1. The average molecular weight is 387 g/mol. The lowest BCUT2D eigenvalue weighted by molar-refractivity contribution is -0.384. The van der Waals surface area contributed by atoms with Crippen LogP contribution in [-0.4, -0.2) is 48.0 Å². The van der Waals surface area contributed by atoms with Gasteiger partial charge in [-0.15, -0.1) is 0 Å². The summed E-state index contributed by atoms with van der Waals surface area (Å²) in [7, 11) is -1.92. The molecule has 1 heterocycles. The van der Waals surface area contributed by atoms with Crippen molar-refractivity contribution < 1.29 is 28.2 Å². The normalized spacial score (nSPS) is 20.9. The van der Waals surface area contributed by atoms with Gasteiger partial charge >= 0.3 is 7.60 Å². The molecule has 1 saturated heterocycles. The SMILES string of the molecule is CCOP(=O)(OCC)[C@@H]1C[C@@H](C(=O)Nc2cccc([N+](=O)[O-])c2)ON1C. The first kappa shape index (κ1) is 20.5. The highest BCUT2D eigenvalue weighted by Gasteiger charge is 2.48. The maximum Gasteiger partial charge on any atom is 0.350 e. The molecule has 0 unspecified atom stereocenters. The molecule has 0 aliphatic carbocycles. The van der Waals surface area contributed by atoms with Crippen molar-refractivity contribution in [1.29, 1.82) is 0 Å². The monoisotopic (exact) mass is 387 g/mol. The number of carbonyl (C=O) groups is 1. The van der Waals surface area contributed by atoms with Gasteiger partial charge in [0.1, 0.15) is 5.78 Å². The summed E-state index contributed by atoms with van der Waals surface area (Å²) in [5, 5.41) is 14.7. The van der Waals surface area contributed by atoms with E-state index in [0.29, 0.717) is 0 Å². The van der Waals surface area contributed by atoms with Gasteiger partial charge in [0.15, 0.2) is 6.10 Å². The Morgan fingerprint density at radius 2 is 2.08 bits per heavy atom. The van der Waals surface area contributed by atoms with Crippen molar-refractivity contribution in [2.75, 3.05) is 25.6 Å². The molecule has 11 heteroatoms. The van der Waals surface area contributed by atoms with Gasteiger partial charge < -0.3 is 14.4 Å². The van der Waals surface area contributed by atoms with E-state index in [1.54, 1.807) is 20.9 Å². The van der Waals surface area contributed by atoms with Gasteiger partial charge in [-0.05, 0) is 19.9 Å². The summed E-state index contributed by atoms with van der Waals surface area (Å²) in [6.45, 7) is 3.81. The minimum atomic E-state index is -3.47. The van der Waals surface area contributed by atoms with Gasteiger partial charge in [0.25, 0.3) is 11.6 Å². The molecule has 144 valence electrons. The Labute approximate surface area is 151 Å². The van der Waals surface area contributed by atoms with Crippen molar-refractivity contribution in [3.63, 3.8) is 0 Å². The molecular formula is C15H22N3O7P. The van der Waals surface area contributed by atoms with Crippen LogP contribution in [0.25, 0.3) is 0 Å². The summed E-state index contributed by atoms with van der Waals surface area (Å²) in [5.74, 6) is -1.22. The molecule has 1 aromatic rings. The summed E-state index contributed by atoms with van der Waals surface area (Å²) in [6.07, 6.45) is -0.812. The average Bonchev–Trinajstić information content (AvgIpc) is 2.98. The molecule has 0 saturated carbocycles. The number of carbonyl (C=O) groups excluding carboxylic acids is 1. The smallest absolute Gasteiger partial charge is 0.324 e. The molecule has 26 heavy (non-hydrogen) atoms. The molecule has 1 aliphatic heterocycles. The van der Waals surface area contributed by atoms with Crippen molar-refractivity contribution in [3.05, 3.63) is 34.4 Å². The molecule has 1 aliphatic rings. The molecule has 1 aromatic carbocycles. The summed E-state index contributed by atoms with van der Waals surface area (Å²) < 4.78 is 23.5. The maximum absolute atomic E-state index is 12.9. The maximum atomic E-state index is 12.9. The number of nitro groups is 1. The van der Waals surface area contributed by atoms with Crippen LogP contribution in [0.3, 0.4) is 0 Å². The van der Waals surface area contributed by atoms with Crippen LogP contribution in [0.1, 0.15) is 20.3 Å². The van der Waals surface area contributed by atoms with E-state index >= 15 is 0 Å². The van der Waals surface area contributed by atoms with E-state index in [4.69, 9.17) is 13.9 Å². The molecule has 0 radical (unpaired) electrons. The first-order valence-corrected chi connectivity index (χ1v) is 9.75. The molecule has 0 bridgehead atoms. The number of nitro benzene ring substituents is 1. The summed E-state index contributed by atoms with van der Waals surface area (Å²) in [6, 6.07) is 5.58. The quantitative estimate of drug-likeness (QED) is 0.411. The van der Waals surface area contributed by atoms with E-state index in [1.165, 1.54) is 29.3 Å². The van der Waals surface area contributed by atoms with Crippen LogP contribution in [0, 0.1) is 10.1 Å². The first-order valence-electron chi connectivity index (χ1n) is 8.14. The van der Waals surface area contributed by atoms with Gasteiger partial charge in [0.05, 0.1) is 18.1 Å². The number of hydrogen-bond acceptors (Lipinski definition) is 8. The largest absolute Gasteiger partial charge is 0.350 e. The Kier molecular flexibility index (Phi) is 6.85. The molecule has 1 amide bonds. The highest BCUT2D eigenvalue weighted by Crippen LogP contribution is 2.57. The van der Waals surface area contributed by atoms with Crippen LogP contribution in [0.4, 0.5) is 11.4 Å². The van der Waals surface area contributed by atoms with E-state index in [2.05, 4.69) is 5.32 Å². The number of amides is 1. The van der Waals surface area contributed by atoms with Gasteiger partial charge in [-0.1, -0.05) is 6.07 Å². The van der Waals surface area contributed by atoms with Crippen molar-refractivity contribution in [2.24, 2.45) is 0 Å². The van der Waals surface area contributed by atoms with E-state index in [9.17, 15) is 19.5 Å². The van der Waals surface area contributed by atoms with E-state index in [0.717, 1.165) is 0 Å². The Bertz CT molecular complexity index is 704. The zero-order valence-corrected chi connectivity index (χ0v) is 15.7. The van der Waals surface area contributed by atoms with Crippen molar-refractivity contribution >= 4 is 24.9 Å². The Morgan fingerprint density at radius 3 is 2.65 bits per heavy atom. The number of rotatable bonds is 8. The van der Waals surface area contributed by atoms with Gasteiger partial charge in [-0.2, -0.15) is 5.06 Å². The molecule has 1 fully saturated rings. The fourth-order valence-electron chi connectivity index (χ4n) is 2.63. The minimum absolute atomic E-state index is 0.106. The summed E-state index contributed by atoms with van der Waals surface area (Å²) in [4.78, 5) is 28.2. The Balaban J connectivity index is 2.08. The van der Waals surface area contributed by atoms with Crippen molar-refractivity contribution in [2.45, 2.75) is 32.2 Å². The lowest BCUT2D eigenvalue weighted by Gasteiger charge is -2.25. The van der Waals surface area contributed by atoms with Crippen LogP contribution in [-0.2, 0) is 23.2 Å². The number of anilines is 1. The van der Waals surface area contributed by atoms with Crippen molar-refractivity contribution in [1.82, 2.24) is 5.06 Å². The second-order valence-electron chi connectivity index (χ2n) is 5.53. The minimum Gasteiger partial charge on any atom is -0.324 e. The molecule has 2 atom stereocenters. The number of nitrogens with one attached hydrogen (secondary N) is 1. The topological polar surface area (TPSA) is 120 Å². The standard InChI is InChI=1S/C15H22N3O7P/c1-4-23-26(22,24-5-2)14-10-13(25-17(14)3)15(19)16-11-7-6-8-12(9-11)18(20)21/h6-9,13-14H,4-5,10H2,1-3H3,(H,16,19)/t13-,14+/m0/s1. The second-order valence-corrected chi connectivity index (χ2v) is 7.72. The van der Waals surface area contributed by atoms with Crippen LogP contribution in [0.15, 0.2) is 24.3 Å². The summed E-state index contributed by atoms with van der Waals surface area (Å²) in [5.41, 5.74) is 0.138. The Morgan fingerprint density at radius 1 is 1.42 bits per heavy atom. The third-order valence-electron chi connectivity index (χ3n) is 3.74. The number of hydrogen-bond donors (Lipinski definition) is 1. The van der Waals surface area contributed by atoms with Gasteiger partial charge in [-0.3, -0.25) is 24.3 Å². The molecule has 0 spiro atoms. The van der Waals surface area contributed by atoms with Crippen LogP contribution < -0.4 is 5.32 Å². The lowest BCUT2D eigenvalue weighted by atomic mass is 10.2. The van der Waals surface area contributed by atoms with Crippen molar-refractivity contribution in [3.8, 4) is 0 Å². The first-order chi connectivity index (χ1) is 12.3. The van der Waals surface area contributed by atoms with Gasteiger partial charge in [-0.25, -0.2) is 0 Å². The third-order valence-corrected chi connectivity index (χ3v) is 6.24. The number of hydroxylamine groups is 2.